The molecule has 0 saturated carbocycles. The standard InChI is InChI=1S/C23H18FN7OS/c1-31-10-13(17(11-32)30-31)14-6-7-16-21(25-14)22(29-28-16)23-26-15-5-3-2-4-12(20(15)27-23)18-8-9-19(24)33-18/h2-4,6-10,32H,5,11H2,1H3,(H,26,27)(H,28,29). The first-order valence-corrected chi connectivity index (χ1v) is 11.1. The molecule has 33 heavy (non-hydrogen) atoms. The maximum absolute atomic E-state index is 13.7. The van der Waals surface area contributed by atoms with Gasteiger partial charge in [-0.1, -0.05) is 18.2 Å². The van der Waals surface area contributed by atoms with E-state index in [0.29, 0.717) is 34.8 Å². The number of H-pyrrole nitrogens is 2. The lowest BCUT2D eigenvalue weighted by Crippen LogP contribution is -1.92. The molecule has 6 rings (SSSR count). The highest BCUT2D eigenvalue weighted by Gasteiger charge is 2.22. The number of aromatic nitrogens is 7. The van der Waals surface area contributed by atoms with Gasteiger partial charge in [-0.15, -0.1) is 11.3 Å². The van der Waals surface area contributed by atoms with Crippen molar-refractivity contribution in [3.8, 4) is 22.8 Å². The lowest BCUT2D eigenvalue weighted by Gasteiger charge is -2.01. The first-order valence-electron chi connectivity index (χ1n) is 10.3. The number of aliphatic hydroxyl groups excluding tert-OH is 1. The van der Waals surface area contributed by atoms with Gasteiger partial charge in [0.2, 0.25) is 0 Å². The van der Waals surface area contributed by atoms with Crippen molar-refractivity contribution in [1.82, 2.24) is 34.9 Å². The Hall–Kier alpha value is -3.89. The summed E-state index contributed by atoms with van der Waals surface area (Å²) in [5, 5.41) is 21.2. The van der Waals surface area contributed by atoms with E-state index in [0.717, 1.165) is 44.3 Å². The van der Waals surface area contributed by atoms with Crippen LogP contribution in [0.1, 0.15) is 22.0 Å². The average Bonchev–Trinajstić information content (AvgIpc) is 3.58. The van der Waals surface area contributed by atoms with E-state index < -0.39 is 0 Å². The Bertz CT molecular complexity index is 1570. The molecule has 0 atom stereocenters. The van der Waals surface area contributed by atoms with Crippen LogP contribution in [-0.2, 0) is 20.1 Å². The Morgan fingerprint density at radius 3 is 2.91 bits per heavy atom. The third kappa shape index (κ3) is 3.31. The smallest absolute Gasteiger partial charge is 0.176 e. The summed E-state index contributed by atoms with van der Waals surface area (Å²) in [5.74, 6) is 0.586. The van der Waals surface area contributed by atoms with Crippen LogP contribution in [0.5, 0.6) is 0 Å². The van der Waals surface area contributed by atoms with Crippen molar-refractivity contribution in [3.05, 3.63) is 75.8 Å². The normalized spacial score (nSPS) is 13.4. The van der Waals surface area contributed by atoms with E-state index in [9.17, 15) is 9.50 Å². The van der Waals surface area contributed by atoms with Crippen LogP contribution in [0.2, 0.25) is 0 Å². The summed E-state index contributed by atoms with van der Waals surface area (Å²) in [4.78, 5) is 13.9. The molecule has 5 aromatic rings. The monoisotopic (exact) mass is 459 g/mol. The molecule has 1 aliphatic carbocycles. The maximum Gasteiger partial charge on any atom is 0.176 e. The molecule has 0 spiro atoms. The highest BCUT2D eigenvalue weighted by molar-refractivity contribution is 7.11. The number of pyridine rings is 1. The highest BCUT2D eigenvalue weighted by Crippen LogP contribution is 2.34. The number of thiophene rings is 1. The molecule has 3 N–H and O–H groups in total. The van der Waals surface area contributed by atoms with Crippen LogP contribution in [0, 0.1) is 5.13 Å². The maximum atomic E-state index is 13.7. The summed E-state index contributed by atoms with van der Waals surface area (Å²) in [6, 6.07) is 7.01. The quantitative estimate of drug-likeness (QED) is 0.377. The number of hydrogen-bond acceptors (Lipinski definition) is 6. The van der Waals surface area contributed by atoms with Gasteiger partial charge in [-0.25, -0.2) is 9.97 Å². The van der Waals surface area contributed by atoms with Gasteiger partial charge in [-0.05, 0) is 24.3 Å². The molecule has 10 heteroatoms. The Morgan fingerprint density at radius 1 is 1.18 bits per heavy atom. The van der Waals surface area contributed by atoms with Crippen LogP contribution in [0.4, 0.5) is 4.39 Å². The van der Waals surface area contributed by atoms with Crippen molar-refractivity contribution < 1.29 is 9.50 Å². The fraction of sp³-hybridized carbons (Fsp3) is 0.130. The molecule has 8 nitrogen and oxygen atoms in total. The molecule has 1 aliphatic rings. The fourth-order valence-corrected chi connectivity index (χ4v) is 4.82. The second-order valence-electron chi connectivity index (χ2n) is 7.72. The number of allylic oxidation sites excluding steroid dienone is 3. The third-order valence-corrected chi connectivity index (χ3v) is 6.46. The topological polar surface area (TPSA) is 108 Å². The zero-order valence-electron chi connectivity index (χ0n) is 17.5. The van der Waals surface area contributed by atoms with Crippen LogP contribution >= 0.6 is 11.3 Å². The summed E-state index contributed by atoms with van der Waals surface area (Å²) in [7, 11) is 1.80. The molecule has 0 bridgehead atoms. The number of aromatic amines is 2. The van der Waals surface area contributed by atoms with Gasteiger partial charge in [0, 0.05) is 41.4 Å². The molecule has 0 unspecified atom stereocenters. The Balaban J connectivity index is 1.47. The van der Waals surface area contributed by atoms with E-state index in [4.69, 9.17) is 9.97 Å². The zero-order chi connectivity index (χ0) is 22.5. The lowest BCUT2D eigenvalue weighted by molar-refractivity contribution is 0.276. The highest BCUT2D eigenvalue weighted by atomic mass is 32.1. The number of hydrogen-bond donors (Lipinski definition) is 3. The minimum Gasteiger partial charge on any atom is -0.390 e. The summed E-state index contributed by atoms with van der Waals surface area (Å²) in [6.45, 7) is -0.176. The van der Waals surface area contributed by atoms with Crippen molar-refractivity contribution in [2.45, 2.75) is 13.0 Å². The first-order chi connectivity index (χ1) is 16.1. The summed E-state index contributed by atoms with van der Waals surface area (Å²) >= 11 is 1.10. The van der Waals surface area contributed by atoms with E-state index in [1.807, 2.05) is 36.6 Å². The van der Waals surface area contributed by atoms with Gasteiger partial charge in [0.15, 0.2) is 16.6 Å². The number of aliphatic hydroxyl groups is 1. The Morgan fingerprint density at radius 2 is 2.09 bits per heavy atom. The van der Waals surface area contributed by atoms with E-state index in [-0.39, 0.29) is 11.7 Å². The number of halogens is 1. The summed E-state index contributed by atoms with van der Waals surface area (Å²) in [6.07, 6.45) is 8.46. The van der Waals surface area contributed by atoms with E-state index in [2.05, 4.69) is 20.3 Å². The molecule has 0 aromatic carbocycles. The SMILES string of the molecule is Cn1cc(-c2ccc3[nH]nc(-c4nc5c([nH]4)CC=CC=C5c4ccc(F)s4)c3n2)c(CO)n1. The fourth-order valence-electron chi connectivity index (χ4n) is 4.06. The van der Waals surface area contributed by atoms with Gasteiger partial charge in [0.05, 0.1) is 29.2 Å². The minimum atomic E-state index is -0.232. The minimum absolute atomic E-state index is 0.176. The van der Waals surface area contributed by atoms with Gasteiger partial charge >= 0.3 is 0 Å². The number of nitrogens with one attached hydrogen (secondary N) is 2. The third-order valence-electron chi connectivity index (χ3n) is 5.56. The van der Waals surface area contributed by atoms with Gasteiger partial charge in [0.25, 0.3) is 0 Å². The Labute approximate surface area is 191 Å². The van der Waals surface area contributed by atoms with Crippen LogP contribution in [0.25, 0.3) is 39.4 Å². The van der Waals surface area contributed by atoms with Gasteiger partial charge in [-0.3, -0.25) is 9.78 Å². The number of fused-ring (bicyclic) bond motifs is 2. The molecular formula is C23H18FN7OS. The second-order valence-corrected chi connectivity index (χ2v) is 8.75. The molecule has 0 saturated heterocycles. The Kier molecular flexibility index (Phi) is 4.56. The molecule has 0 fully saturated rings. The number of rotatable bonds is 4. The molecule has 0 aliphatic heterocycles. The van der Waals surface area contributed by atoms with Gasteiger partial charge < -0.3 is 10.1 Å². The van der Waals surface area contributed by atoms with Crippen molar-refractivity contribution in [1.29, 1.82) is 0 Å². The van der Waals surface area contributed by atoms with Crippen molar-refractivity contribution in [3.63, 3.8) is 0 Å². The van der Waals surface area contributed by atoms with Crippen LogP contribution in [0.15, 0.2) is 48.7 Å². The zero-order valence-corrected chi connectivity index (χ0v) is 18.3. The molecule has 5 aromatic heterocycles. The molecule has 0 radical (unpaired) electrons. The summed E-state index contributed by atoms with van der Waals surface area (Å²) in [5.41, 5.74) is 6.61. The first kappa shape index (κ1) is 19.8. The largest absolute Gasteiger partial charge is 0.390 e. The van der Waals surface area contributed by atoms with E-state index >= 15 is 0 Å². The molecule has 5 heterocycles. The van der Waals surface area contributed by atoms with Crippen LogP contribution in [0.3, 0.4) is 0 Å². The number of aryl methyl sites for hydroxylation is 1. The molecule has 164 valence electrons. The average molecular weight is 460 g/mol. The molecule has 0 amide bonds. The van der Waals surface area contributed by atoms with E-state index in [1.165, 1.54) is 6.07 Å². The summed E-state index contributed by atoms with van der Waals surface area (Å²) < 4.78 is 15.4. The number of nitrogens with zero attached hydrogens (tertiary/aromatic N) is 5. The number of imidazole rings is 1. The van der Waals surface area contributed by atoms with Crippen molar-refractivity contribution in [2.24, 2.45) is 7.05 Å². The molecular weight excluding hydrogens is 441 g/mol. The van der Waals surface area contributed by atoms with Gasteiger partial charge in [0.1, 0.15) is 5.52 Å². The van der Waals surface area contributed by atoms with Crippen LogP contribution in [-0.4, -0.2) is 40.0 Å². The van der Waals surface area contributed by atoms with Crippen LogP contribution < -0.4 is 0 Å². The van der Waals surface area contributed by atoms with E-state index in [1.54, 1.807) is 17.8 Å². The second kappa shape index (κ2) is 7.61. The lowest BCUT2D eigenvalue weighted by atomic mass is 10.1. The van der Waals surface area contributed by atoms with Gasteiger partial charge in [-0.2, -0.15) is 14.6 Å². The predicted molar refractivity (Wildman–Crippen MR) is 124 cm³/mol. The van der Waals surface area contributed by atoms with Crippen molar-refractivity contribution in [2.75, 3.05) is 0 Å². The van der Waals surface area contributed by atoms with Crippen molar-refractivity contribution >= 4 is 27.9 Å². The predicted octanol–water partition coefficient (Wildman–Crippen LogP) is 3.99.